The third kappa shape index (κ3) is 3.33. The van der Waals surface area contributed by atoms with Crippen LogP contribution in [0, 0.1) is 0 Å². The topological polar surface area (TPSA) is 110 Å². The Hall–Kier alpha value is -1.67. The lowest BCUT2D eigenvalue weighted by atomic mass is 10.1. The van der Waals surface area contributed by atoms with Gasteiger partial charge in [0.1, 0.15) is 24.1 Å². The molecule has 21 heavy (non-hydrogen) atoms. The molecule has 1 aliphatic heterocycles. The van der Waals surface area contributed by atoms with E-state index in [1.807, 2.05) is 0 Å². The average Bonchev–Trinajstić information content (AvgIpc) is 2.56. The van der Waals surface area contributed by atoms with E-state index in [0.717, 1.165) is 5.56 Å². The fourth-order valence-corrected chi connectivity index (χ4v) is 2.27. The van der Waals surface area contributed by atoms with E-state index < -0.39 is 30.3 Å². The molecule has 1 aromatic carbocycles. The van der Waals surface area contributed by atoms with Gasteiger partial charge in [0.25, 0.3) is 5.91 Å². The first-order chi connectivity index (χ1) is 9.93. The molecule has 0 bridgehead atoms. The molecular formula is C14H19NO6. The van der Waals surface area contributed by atoms with Gasteiger partial charge >= 0.3 is 0 Å². The number of carbonyl (C=O) groups is 1. The van der Waals surface area contributed by atoms with Crippen molar-refractivity contribution in [1.29, 1.82) is 0 Å². The molecule has 7 nitrogen and oxygen atoms in total. The Morgan fingerprint density at radius 1 is 1.14 bits per heavy atom. The summed E-state index contributed by atoms with van der Waals surface area (Å²) in [6.07, 6.45) is -6.34. The Bertz CT molecular complexity index is 491. The Kier molecular flexibility index (Phi) is 4.79. The third-order valence-corrected chi connectivity index (χ3v) is 3.57. The quantitative estimate of drug-likeness (QED) is 0.539. The molecule has 0 spiro atoms. The highest BCUT2D eigenvalue weighted by Crippen LogP contribution is 2.18. The summed E-state index contributed by atoms with van der Waals surface area (Å²) >= 11 is 0. The van der Waals surface area contributed by atoms with Crippen LogP contribution in [0.1, 0.15) is 5.56 Å². The first kappa shape index (κ1) is 15.7. The molecule has 4 N–H and O–H groups in total. The predicted octanol–water partition coefficient (Wildman–Crippen LogP) is -1.52. The van der Waals surface area contributed by atoms with Gasteiger partial charge in [-0.3, -0.25) is 4.79 Å². The minimum Gasteiger partial charge on any atom is -0.497 e. The molecule has 116 valence electrons. The predicted molar refractivity (Wildman–Crippen MR) is 72.4 cm³/mol. The summed E-state index contributed by atoms with van der Waals surface area (Å²) in [6.45, 7) is -0.0173. The van der Waals surface area contributed by atoms with Gasteiger partial charge in [0.2, 0.25) is 0 Å². The lowest BCUT2D eigenvalue weighted by Crippen LogP contribution is -2.45. The van der Waals surface area contributed by atoms with Crippen molar-refractivity contribution in [2.45, 2.75) is 31.0 Å². The first-order valence-electron chi connectivity index (χ1n) is 6.58. The van der Waals surface area contributed by atoms with Gasteiger partial charge in [0, 0.05) is 13.1 Å². The first-order valence-corrected chi connectivity index (χ1v) is 6.58. The fraction of sp³-hybridized carbons (Fsp3) is 0.500. The number of benzene rings is 1. The summed E-state index contributed by atoms with van der Waals surface area (Å²) in [5.74, 6) is -0.0548. The van der Waals surface area contributed by atoms with Crippen LogP contribution in [-0.4, -0.2) is 69.3 Å². The number of β-amino-alcohol motifs (C(OH)–C–C–N with tert-alkyl or cyclic N) is 1. The maximum Gasteiger partial charge on any atom is 0.254 e. The van der Waals surface area contributed by atoms with Crippen LogP contribution in [0.5, 0.6) is 5.75 Å². The zero-order chi connectivity index (χ0) is 15.6. The molecule has 7 heteroatoms. The molecule has 1 saturated heterocycles. The molecular weight excluding hydrogens is 278 g/mol. The molecule has 0 aromatic heterocycles. The van der Waals surface area contributed by atoms with Crippen molar-refractivity contribution in [3.05, 3.63) is 29.8 Å². The van der Waals surface area contributed by atoms with E-state index in [1.165, 1.54) is 4.90 Å². The Morgan fingerprint density at radius 3 is 2.33 bits per heavy atom. The summed E-state index contributed by atoms with van der Waals surface area (Å²) in [5, 5.41) is 38.7. The van der Waals surface area contributed by atoms with E-state index in [0.29, 0.717) is 5.75 Å². The van der Waals surface area contributed by atoms with Crippen molar-refractivity contribution in [3.63, 3.8) is 0 Å². The van der Waals surface area contributed by atoms with E-state index in [2.05, 4.69) is 0 Å². The van der Waals surface area contributed by atoms with Gasteiger partial charge in [0.15, 0.2) is 6.10 Å². The minimum absolute atomic E-state index is 0.149. The number of hydrogen-bond donors (Lipinski definition) is 4. The fourth-order valence-electron chi connectivity index (χ4n) is 2.27. The molecule has 2 rings (SSSR count). The minimum atomic E-state index is -1.75. The van der Waals surface area contributed by atoms with E-state index in [1.54, 1.807) is 31.4 Å². The van der Waals surface area contributed by atoms with Gasteiger partial charge in [-0.2, -0.15) is 0 Å². The molecule has 1 fully saturated rings. The third-order valence-electron chi connectivity index (χ3n) is 3.57. The number of rotatable bonds is 3. The van der Waals surface area contributed by atoms with Gasteiger partial charge in [-0.15, -0.1) is 0 Å². The van der Waals surface area contributed by atoms with Crippen molar-refractivity contribution >= 4 is 5.91 Å². The van der Waals surface area contributed by atoms with E-state index in [9.17, 15) is 25.2 Å². The molecule has 1 heterocycles. The molecule has 0 radical (unpaired) electrons. The zero-order valence-electron chi connectivity index (χ0n) is 11.6. The summed E-state index contributed by atoms with van der Waals surface area (Å²) in [7, 11) is 1.54. The Labute approximate surface area is 122 Å². The highest BCUT2D eigenvalue weighted by molar-refractivity contribution is 5.81. The highest BCUT2D eigenvalue weighted by atomic mass is 16.5. The lowest BCUT2D eigenvalue weighted by molar-refractivity contribution is -0.147. The monoisotopic (exact) mass is 297 g/mol. The van der Waals surface area contributed by atoms with Crippen LogP contribution in [0.4, 0.5) is 0 Å². The number of aliphatic hydroxyl groups is 4. The zero-order valence-corrected chi connectivity index (χ0v) is 11.6. The smallest absolute Gasteiger partial charge is 0.254 e. The Morgan fingerprint density at radius 2 is 1.76 bits per heavy atom. The molecule has 1 aromatic rings. The largest absolute Gasteiger partial charge is 0.497 e. The van der Waals surface area contributed by atoms with Crippen LogP contribution >= 0.6 is 0 Å². The normalized spacial score (nSPS) is 30.1. The van der Waals surface area contributed by atoms with E-state index in [-0.39, 0.29) is 13.1 Å². The number of amides is 1. The van der Waals surface area contributed by atoms with E-state index >= 15 is 0 Å². The number of likely N-dealkylation sites (tertiary alicyclic amines) is 1. The molecule has 0 aliphatic carbocycles. The van der Waals surface area contributed by atoms with Crippen LogP contribution in [0.25, 0.3) is 0 Å². The second kappa shape index (κ2) is 6.40. The SMILES string of the molecule is COc1ccc(CN2C[C@@H](O)[C@@H](O)[C@H](O)[C@H](O)C2=O)cc1. The van der Waals surface area contributed by atoms with Gasteiger partial charge in [-0.05, 0) is 17.7 Å². The van der Waals surface area contributed by atoms with Crippen molar-refractivity contribution in [1.82, 2.24) is 4.90 Å². The summed E-state index contributed by atoms with van der Waals surface area (Å²) < 4.78 is 5.04. The van der Waals surface area contributed by atoms with Gasteiger partial charge < -0.3 is 30.1 Å². The van der Waals surface area contributed by atoms with Crippen molar-refractivity contribution in [2.24, 2.45) is 0 Å². The van der Waals surface area contributed by atoms with Crippen LogP contribution in [0.3, 0.4) is 0 Å². The van der Waals surface area contributed by atoms with Gasteiger partial charge in [-0.25, -0.2) is 0 Å². The number of nitrogens with zero attached hydrogens (tertiary/aromatic N) is 1. The maximum atomic E-state index is 12.0. The number of hydrogen-bond acceptors (Lipinski definition) is 6. The van der Waals surface area contributed by atoms with Crippen molar-refractivity contribution in [2.75, 3.05) is 13.7 Å². The van der Waals surface area contributed by atoms with Crippen LogP contribution in [0.2, 0.25) is 0 Å². The molecule has 1 amide bonds. The number of methoxy groups -OCH3 is 1. The number of aliphatic hydroxyl groups excluding tert-OH is 4. The Balaban J connectivity index is 2.15. The van der Waals surface area contributed by atoms with Crippen molar-refractivity contribution < 1.29 is 30.0 Å². The lowest BCUT2D eigenvalue weighted by Gasteiger charge is -2.23. The van der Waals surface area contributed by atoms with Crippen LogP contribution in [0.15, 0.2) is 24.3 Å². The highest BCUT2D eigenvalue weighted by Gasteiger charge is 2.41. The van der Waals surface area contributed by atoms with Crippen molar-refractivity contribution in [3.8, 4) is 5.75 Å². The summed E-state index contributed by atoms with van der Waals surface area (Å²) in [6, 6.07) is 6.97. The van der Waals surface area contributed by atoms with Gasteiger partial charge in [0.05, 0.1) is 7.11 Å². The standard InChI is InChI=1S/C14H19NO6/c1-21-9-4-2-8(3-5-9)6-15-7-10(16)11(17)12(18)13(19)14(15)20/h2-5,10-13,16-19H,6-7H2,1H3/t10-,11-,12+,13+/m1/s1. The second-order valence-corrected chi connectivity index (χ2v) is 5.06. The van der Waals surface area contributed by atoms with Gasteiger partial charge in [-0.1, -0.05) is 12.1 Å². The molecule has 0 unspecified atom stereocenters. The number of ether oxygens (including phenoxy) is 1. The molecule has 4 atom stereocenters. The molecule has 0 saturated carbocycles. The second-order valence-electron chi connectivity index (χ2n) is 5.06. The number of carbonyl (C=O) groups excluding carboxylic acids is 1. The van der Waals surface area contributed by atoms with Crippen LogP contribution in [-0.2, 0) is 11.3 Å². The molecule has 1 aliphatic rings. The van der Waals surface area contributed by atoms with E-state index in [4.69, 9.17) is 4.74 Å². The maximum absolute atomic E-state index is 12.0. The summed E-state index contributed by atoms with van der Waals surface area (Å²) in [4.78, 5) is 13.2. The van der Waals surface area contributed by atoms with Crippen LogP contribution < -0.4 is 4.74 Å². The average molecular weight is 297 g/mol. The summed E-state index contributed by atoms with van der Waals surface area (Å²) in [5.41, 5.74) is 0.773.